The van der Waals surface area contributed by atoms with Gasteiger partial charge in [0, 0.05) is 23.9 Å². The highest BCUT2D eigenvalue weighted by Gasteiger charge is 2.21. The van der Waals surface area contributed by atoms with Gasteiger partial charge >= 0.3 is 0 Å². The van der Waals surface area contributed by atoms with Crippen molar-refractivity contribution in [3.8, 4) is 0 Å². The molecule has 1 aliphatic rings. The van der Waals surface area contributed by atoms with E-state index < -0.39 is 0 Å². The second kappa shape index (κ2) is 7.81. The lowest BCUT2D eigenvalue weighted by molar-refractivity contribution is -0.119. The number of carbonyl (C=O) groups excluding carboxylic acids is 1. The SMILES string of the molecule is CC(Cc1cccs1)C(=O)Nc1ccccc1N1CCC(O)CC1. The van der Waals surface area contributed by atoms with Crippen LogP contribution < -0.4 is 10.2 Å². The average molecular weight is 344 g/mol. The predicted molar refractivity (Wildman–Crippen MR) is 99.7 cm³/mol. The summed E-state index contributed by atoms with van der Waals surface area (Å²) in [6, 6.07) is 12.0. The summed E-state index contributed by atoms with van der Waals surface area (Å²) in [6.45, 7) is 3.60. The predicted octanol–water partition coefficient (Wildman–Crippen LogP) is 3.53. The van der Waals surface area contributed by atoms with E-state index in [0.717, 1.165) is 43.7 Å². The minimum Gasteiger partial charge on any atom is -0.393 e. The number of carbonyl (C=O) groups is 1. The van der Waals surface area contributed by atoms with E-state index in [9.17, 15) is 9.90 Å². The Hall–Kier alpha value is -1.85. The van der Waals surface area contributed by atoms with Crippen LogP contribution in [0.15, 0.2) is 41.8 Å². The molecule has 0 bridgehead atoms. The molecule has 128 valence electrons. The molecule has 1 fully saturated rings. The van der Waals surface area contributed by atoms with Crippen LogP contribution in [0.1, 0.15) is 24.6 Å². The molecular weight excluding hydrogens is 320 g/mol. The molecule has 1 atom stereocenters. The monoisotopic (exact) mass is 344 g/mol. The maximum atomic E-state index is 12.6. The van der Waals surface area contributed by atoms with Gasteiger partial charge in [0.15, 0.2) is 0 Å². The fraction of sp³-hybridized carbons (Fsp3) is 0.421. The molecule has 0 radical (unpaired) electrons. The normalized spacial score (nSPS) is 16.8. The summed E-state index contributed by atoms with van der Waals surface area (Å²) in [6.07, 6.45) is 2.12. The van der Waals surface area contributed by atoms with Gasteiger partial charge in [0.1, 0.15) is 0 Å². The van der Waals surface area contributed by atoms with Crippen molar-refractivity contribution in [3.63, 3.8) is 0 Å². The molecule has 1 aromatic heterocycles. The zero-order valence-electron chi connectivity index (χ0n) is 13.9. The summed E-state index contributed by atoms with van der Waals surface area (Å²) >= 11 is 1.69. The van der Waals surface area contributed by atoms with Crippen molar-refractivity contribution in [2.45, 2.75) is 32.3 Å². The van der Waals surface area contributed by atoms with Crippen molar-refractivity contribution in [1.29, 1.82) is 0 Å². The van der Waals surface area contributed by atoms with Gasteiger partial charge in [-0.3, -0.25) is 4.79 Å². The molecular formula is C19H24N2O2S. The van der Waals surface area contributed by atoms with Crippen molar-refractivity contribution >= 4 is 28.6 Å². The zero-order valence-corrected chi connectivity index (χ0v) is 14.8. The Balaban J connectivity index is 1.67. The van der Waals surface area contributed by atoms with Crippen LogP contribution in [0.4, 0.5) is 11.4 Å². The number of nitrogens with zero attached hydrogens (tertiary/aromatic N) is 1. The first kappa shape index (κ1) is 17.0. The number of aliphatic hydroxyl groups is 1. The number of rotatable bonds is 5. The Labute approximate surface area is 147 Å². The first-order valence-corrected chi connectivity index (χ1v) is 9.36. The lowest BCUT2D eigenvalue weighted by atomic mass is 10.0. The molecule has 1 aromatic carbocycles. The zero-order chi connectivity index (χ0) is 16.9. The summed E-state index contributed by atoms with van der Waals surface area (Å²) in [7, 11) is 0. The van der Waals surface area contributed by atoms with Crippen LogP contribution in [0.25, 0.3) is 0 Å². The van der Waals surface area contributed by atoms with E-state index in [1.165, 1.54) is 4.88 Å². The molecule has 0 saturated carbocycles. The fourth-order valence-corrected chi connectivity index (χ4v) is 3.88. The third kappa shape index (κ3) is 4.16. The quantitative estimate of drug-likeness (QED) is 0.872. The molecule has 0 aliphatic carbocycles. The maximum absolute atomic E-state index is 12.6. The summed E-state index contributed by atoms with van der Waals surface area (Å²) in [5.74, 6) is -0.0206. The second-order valence-electron chi connectivity index (χ2n) is 6.41. The smallest absolute Gasteiger partial charge is 0.227 e. The summed E-state index contributed by atoms with van der Waals surface area (Å²) in [4.78, 5) is 16.0. The Bertz CT molecular complexity index is 664. The van der Waals surface area contributed by atoms with Gasteiger partial charge in [-0.05, 0) is 42.8 Å². The van der Waals surface area contributed by atoms with Crippen molar-refractivity contribution < 1.29 is 9.90 Å². The van der Waals surface area contributed by atoms with Crippen LogP contribution in [0.2, 0.25) is 0 Å². The van der Waals surface area contributed by atoms with E-state index in [4.69, 9.17) is 0 Å². The molecule has 1 aliphatic heterocycles. The standard InChI is InChI=1S/C19H24N2O2S/c1-14(13-16-5-4-12-24-16)19(23)20-17-6-2-3-7-18(17)21-10-8-15(22)9-11-21/h2-7,12,14-15,22H,8-11,13H2,1H3,(H,20,23). The van der Waals surface area contributed by atoms with Crippen LogP contribution in [-0.4, -0.2) is 30.2 Å². The fourth-order valence-electron chi connectivity index (χ4n) is 3.04. The maximum Gasteiger partial charge on any atom is 0.227 e. The van der Waals surface area contributed by atoms with Gasteiger partial charge in [-0.2, -0.15) is 0 Å². The molecule has 2 N–H and O–H groups in total. The first-order chi connectivity index (χ1) is 11.6. The second-order valence-corrected chi connectivity index (χ2v) is 7.44. The van der Waals surface area contributed by atoms with E-state index in [2.05, 4.69) is 16.3 Å². The number of hydrogen-bond acceptors (Lipinski definition) is 4. The molecule has 3 rings (SSSR count). The van der Waals surface area contributed by atoms with Gasteiger partial charge < -0.3 is 15.3 Å². The number of hydrogen-bond donors (Lipinski definition) is 2. The van der Waals surface area contributed by atoms with Crippen molar-refractivity contribution in [2.24, 2.45) is 5.92 Å². The molecule has 1 unspecified atom stereocenters. The molecule has 0 spiro atoms. The van der Waals surface area contributed by atoms with Crippen molar-refractivity contribution in [1.82, 2.24) is 0 Å². The van der Waals surface area contributed by atoms with Crippen LogP contribution in [0.5, 0.6) is 0 Å². The molecule has 5 heteroatoms. The highest BCUT2D eigenvalue weighted by molar-refractivity contribution is 7.09. The lowest BCUT2D eigenvalue weighted by Gasteiger charge is -2.33. The van der Waals surface area contributed by atoms with Gasteiger partial charge in [0.25, 0.3) is 0 Å². The molecule has 2 heterocycles. The van der Waals surface area contributed by atoms with Gasteiger partial charge in [-0.1, -0.05) is 25.1 Å². The van der Waals surface area contributed by atoms with E-state index in [0.29, 0.717) is 0 Å². The van der Waals surface area contributed by atoms with Gasteiger partial charge in [-0.15, -0.1) is 11.3 Å². The number of thiophene rings is 1. The number of amides is 1. The molecule has 4 nitrogen and oxygen atoms in total. The number of aliphatic hydroxyl groups excluding tert-OH is 1. The highest BCUT2D eigenvalue weighted by Crippen LogP contribution is 2.29. The van der Waals surface area contributed by atoms with E-state index >= 15 is 0 Å². The Morgan fingerprint density at radius 3 is 2.75 bits per heavy atom. The van der Waals surface area contributed by atoms with Gasteiger partial charge in [-0.25, -0.2) is 0 Å². The van der Waals surface area contributed by atoms with Crippen LogP contribution >= 0.6 is 11.3 Å². The van der Waals surface area contributed by atoms with Crippen molar-refractivity contribution in [3.05, 3.63) is 46.7 Å². The average Bonchev–Trinajstić information content (AvgIpc) is 3.09. The number of para-hydroxylation sites is 2. The van der Waals surface area contributed by atoms with Crippen LogP contribution in [0.3, 0.4) is 0 Å². The molecule has 1 saturated heterocycles. The lowest BCUT2D eigenvalue weighted by Crippen LogP contribution is -2.36. The van der Waals surface area contributed by atoms with Crippen LogP contribution in [0, 0.1) is 5.92 Å². The van der Waals surface area contributed by atoms with Crippen LogP contribution in [-0.2, 0) is 11.2 Å². The van der Waals surface area contributed by atoms with Gasteiger partial charge in [0.05, 0.1) is 17.5 Å². The molecule has 1 amide bonds. The van der Waals surface area contributed by atoms with Crippen molar-refractivity contribution in [2.75, 3.05) is 23.3 Å². The highest BCUT2D eigenvalue weighted by atomic mass is 32.1. The first-order valence-electron chi connectivity index (χ1n) is 8.49. The topological polar surface area (TPSA) is 52.6 Å². The summed E-state index contributed by atoms with van der Waals surface area (Å²) < 4.78 is 0. The Kier molecular flexibility index (Phi) is 5.53. The minimum atomic E-state index is -0.200. The Morgan fingerprint density at radius 1 is 1.29 bits per heavy atom. The van der Waals surface area contributed by atoms with Gasteiger partial charge in [0.2, 0.25) is 5.91 Å². The van der Waals surface area contributed by atoms with E-state index in [1.807, 2.05) is 42.6 Å². The largest absolute Gasteiger partial charge is 0.393 e. The summed E-state index contributed by atoms with van der Waals surface area (Å²) in [5, 5.41) is 14.8. The third-order valence-corrected chi connectivity index (χ3v) is 5.40. The summed E-state index contributed by atoms with van der Waals surface area (Å²) in [5.41, 5.74) is 1.90. The number of anilines is 2. The number of nitrogens with one attached hydrogen (secondary N) is 1. The van der Waals surface area contributed by atoms with E-state index in [-0.39, 0.29) is 17.9 Å². The molecule has 24 heavy (non-hydrogen) atoms. The third-order valence-electron chi connectivity index (χ3n) is 4.50. The number of piperidine rings is 1. The molecule has 2 aromatic rings. The number of benzene rings is 1. The Morgan fingerprint density at radius 2 is 2.04 bits per heavy atom. The van der Waals surface area contributed by atoms with E-state index in [1.54, 1.807) is 11.3 Å². The minimum absolute atomic E-state index is 0.0490.